The van der Waals surface area contributed by atoms with E-state index in [1.165, 1.54) is 35.5 Å². The first-order chi connectivity index (χ1) is 17.5. The lowest BCUT2D eigenvalue weighted by molar-refractivity contribution is 0.103. The lowest BCUT2D eigenvalue weighted by Crippen LogP contribution is -2.15. The van der Waals surface area contributed by atoms with Crippen LogP contribution in [-0.4, -0.2) is 26.4 Å². The number of amides is 1. The number of hydrogen-bond acceptors (Lipinski definition) is 8. The molecule has 4 N–H and O–H groups in total. The smallest absolute Gasteiger partial charge is 0.265 e. The van der Waals surface area contributed by atoms with Crippen molar-refractivity contribution in [1.82, 2.24) is 14.4 Å². The van der Waals surface area contributed by atoms with Crippen LogP contribution in [0.1, 0.15) is 29.4 Å². The van der Waals surface area contributed by atoms with Gasteiger partial charge in [0.05, 0.1) is 33.1 Å². The molecule has 1 aliphatic rings. The predicted molar refractivity (Wildman–Crippen MR) is 146 cm³/mol. The Morgan fingerprint density at radius 2 is 2.03 bits per heavy atom. The molecule has 10 heteroatoms. The maximum absolute atomic E-state index is 12.7. The van der Waals surface area contributed by atoms with Gasteiger partial charge in [-0.2, -0.15) is 0 Å². The molecule has 36 heavy (non-hydrogen) atoms. The van der Waals surface area contributed by atoms with Gasteiger partial charge in [-0.15, -0.1) is 22.7 Å². The van der Waals surface area contributed by atoms with Gasteiger partial charge in [0.2, 0.25) is 0 Å². The molecular weight excluding hydrogens is 492 g/mol. The first kappa shape index (κ1) is 22.6. The molecule has 6 rings (SSSR count). The van der Waals surface area contributed by atoms with Crippen LogP contribution in [0, 0.1) is 5.92 Å². The molecule has 1 unspecified atom stereocenters. The van der Waals surface area contributed by atoms with E-state index in [0.29, 0.717) is 22.2 Å². The fourth-order valence-electron chi connectivity index (χ4n) is 4.01. The summed E-state index contributed by atoms with van der Waals surface area (Å²) in [6, 6.07) is 16.7. The Morgan fingerprint density at radius 1 is 1.17 bits per heavy atom. The molecule has 1 atom stereocenters. The van der Waals surface area contributed by atoms with Gasteiger partial charge < -0.3 is 21.1 Å². The van der Waals surface area contributed by atoms with Crippen LogP contribution < -0.4 is 21.1 Å². The molecule has 1 amide bonds. The Kier molecular flexibility index (Phi) is 5.82. The summed E-state index contributed by atoms with van der Waals surface area (Å²) in [4.78, 5) is 22.6. The Morgan fingerprint density at radius 3 is 2.86 bits per heavy atom. The number of anilines is 4. The van der Waals surface area contributed by atoms with E-state index in [4.69, 9.17) is 15.5 Å². The minimum absolute atomic E-state index is 0.169. The van der Waals surface area contributed by atoms with E-state index >= 15 is 0 Å². The SMILES string of the molecule is CC(Oc1cccc2ncc(-c3csc(Nc4ccc(C(=O)Nc5ccccc5N)s4)n3)n12)C1CC1. The standard InChI is InChI=1S/C26H24N6O2S2/c1-15(16-9-10-16)34-24-8-4-7-22-28-13-20(32(22)24)19-14-35-26(30-19)31-23-12-11-21(36-23)25(33)29-18-6-3-2-5-17(18)27/h2-8,11-16H,9-10,27H2,1H3,(H,29,33)(H,30,31). The summed E-state index contributed by atoms with van der Waals surface area (Å²) in [6.07, 6.45) is 4.44. The maximum atomic E-state index is 12.7. The molecule has 4 aromatic heterocycles. The third-order valence-electron chi connectivity index (χ3n) is 6.12. The lowest BCUT2D eigenvalue weighted by atomic mass is 10.2. The molecule has 1 aliphatic carbocycles. The second-order valence-corrected chi connectivity index (χ2v) is 10.7. The van der Waals surface area contributed by atoms with Gasteiger partial charge in [-0.3, -0.25) is 9.20 Å². The molecular formula is C26H24N6O2S2. The van der Waals surface area contributed by atoms with Gasteiger partial charge in [0.15, 0.2) is 11.0 Å². The number of thiazole rings is 1. The van der Waals surface area contributed by atoms with Crippen LogP contribution in [0.5, 0.6) is 5.88 Å². The number of para-hydroxylation sites is 2. The highest BCUT2D eigenvalue weighted by atomic mass is 32.1. The van der Waals surface area contributed by atoms with Gasteiger partial charge in [-0.05, 0) is 62.1 Å². The van der Waals surface area contributed by atoms with Crippen LogP contribution in [0.15, 0.2) is 66.2 Å². The van der Waals surface area contributed by atoms with E-state index in [-0.39, 0.29) is 12.0 Å². The molecule has 0 bridgehead atoms. The maximum Gasteiger partial charge on any atom is 0.265 e. The zero-order valence-electron chi connectivity index (χ0n) is 19.5. The molecule has 0 aliphatic heterocycles. The van der Waals surface area contributed by atoms with Crippen molar-refractivity contribution in [2.45, 2.75) is 25.9 Å². The molecule has 0 spiro atoms. The number of nitrogens with zero attached hydrogens (tertiary/aromatic N) is 3. The van der Waals surface area contributed by atoms with Crippen LogP contribution in [0.3, 0.4) is 0 Å². The van der Waals surface area contributed by atoms with E-state index in [1.54, 1.807) is 18.2 Å². The third-order valence-corrected chi connectivity index (χ3v) is 7.88. The second-order valence-electron chi connectivity index (χ2n) is 8.73. The van der Waals surface area contributed by atoms with Crippen molar-refractivity contribution in [1.29, 1.82) is 0 Å². The van der Waals surface area contributed by atoms with Crippen LogP contribution >= 0.6 is 22.7 Å². The second kappa shape index (κ2) is 9.29. The Hall–Kier alpha value is -3.89. The summed E-state index contributed by atoms with van der Waals surface area (Å²) >= 11 is 2.85. The topological polar surface area (TPSA) is 107 Å². The lowest BCUT2D eigenvalue weighted by Gasteiger charge is -2.15. The van der Waals surface area contributed by atoms with Crippen molar-refractivity contribution >= 4 is 55.7 Å². The highest BCUT2D eigenvalue weighted by Gasteiger charge is 2.30. The average molecular weight is 517 g/mol. The summed E-state index contributed by atoms with van der Waals surface area (Å²) < 4.78 is 8.30. The molecule has 4 heterocycles. The fourth-order valence-corrected chi connectivity index (χ4v) is 5.59. The molecule has 5 aromatic rings. The predicted octanol–water partition coefficient (Wildman–Crippen LogP) is 6.27. The number of fused-ring (bicyclic) bond motifs is 1. The van der Waals surface area contributed by atoms with E-state index in [2.05, 4.69) is 22.5 Å². The number of ether oxygens (including phenoxy) is 1. The van der Waals surface area contributed by atoms with Gasteiger partial charge in [0.25, 0.3) is 5.91 Å². The zero-order valence-corrected chi connectivity index (χ0v) is 21.1. The van der Waals surface area contributed by atoms with Crippen molar-refractivity contribution in [2.24, 2.45) is 5.92 Å². The number of imidazole rings is 1. The molecule has 1 saturated carbocycles. The number of carbonyl (C=O) groups excluding carboxylic acids is 1. The molecule has 1 fully saturated rings. The highest BCUT2D eigenvalue weighted by molar-refractivity contribution is 7.19. The number of hydrogen-bond donors (Lipinski definition) is 3. The van der Waals surface area contributed by atoms with Crippen LogP contribution in [-0.2, 0) is 0 Å². The van der Waals surface area contributed by atoms with Gasteiger partial charge >= 0.3 is 0 Å². The van der Waals surface area contributed by atoms with Crippen LogP contribution in [0.25, 0.3) is 17.0 Å². The third kappa shape index (κ3) is 4.52. The summed E-state index contributed by atoms with van der Waals surface area (Å²) in [5, 5.41) is 9.71. The number of carbonyl (C=O) groups is 1. The monoisotopic (exact) mass is 516 g/mol. The van der Waals surface area contributed by atoms with Crippen molar-refractivity contribution in [3.05, 3.63) is 71.1 Å². The number of nitrogens with one attached hydrogen (secondary N) is 2. The summed E-state index contributed by atoms with van der Waals surface area (Å²) in [5.41, 5.74) is 9.56. The van der Waals surface area contributed by atoms with Crippen molar-refractivity contribution in [3.8, 4) is 17.3 Å². The van der Waals surface area contributed by atoms with Crippen molar-refractivity contribution in [2.75, 3.05) is 16.4 Å². The zero-order chi connectivity index (χ0) is 24.6. The highest BCUT2D eigenvalue weighted by Crippen LogP contribution is 2.36. The van der Waals surface area contributed by atoms with E-state index < -0.39 is 0 Å². The number of nitrogen functional groups attached to an aromatic ring is 1. The first-order valence-corrected chi connectivity index (χ1v) is 13.4. The number of nitrogens with two attached hydrogens (primary N) is 1. The molecule has 8 nitrogen and oxygen atoms in total. The Balaban J connectivity index is 1.19. The van der Waals surface area contributed by atoms with Gasteiger partial charge in [-0.25, -0.2) is 9.97 Å². The quantitative estimate of drug-likeness (QED) is 0.210. The van der Waals surface area contributed by atoms with Crippen molar-refractivity contribution in [3.63, 3.8) is 0 Å². The summed E-state index contributed by atoms with van der Waals surface area (Å²) in [5.74, 6) is 1.20. The number of pyridine rings is 1. The summed E-state index contributed by atoms with van der Waals surface area (Å²) in [7, 11) is 0. The Labute approximate surface area is 215 Å². The molecule has 0 radical (unpaired) electrons. The van der Waals surface area contributed by atoms with Crippen molar-refractivity contribution < 1.29 is 9.53 Å². The number of thiophene rings is 1. The minimum Gasteiger partial charge on any atom is -0.475 e. The van der Waals surface area contributed by atoms with Gasteiger partial charge in [-0.1, -0.05) is 18.2 Å². The number of benzene rings is 1. The molecule has 182 valence electrons. The number of aromatic nitrogens is 3. The van der Waals surface area contributed by atoms with E-state index in [1.807, 2.05) is 52.4 Å². The minimum atomic E-state index is -0.204. The first-order valence-electron chi connectivity index (χ1n) is 11.7. The fraction of sp³-hybridized carbons (Fsp3) is 0.192. The largest absolute Gasteiger partial charge is 0.475 e. The average Bonchev–Trinajstić information content (AvgIpc) is 3.24. The normalized spacial score (nSPS) is 14.0. The van der Waals surface area contributed by atoms with E-state index in [0.717, 1.165) is 33.0 Å². The van der Waals surface area contributed by atoms with Crippen LogP contribution in [0.2, 0.25) is 0 Å². The van der Waals surface area contributed by atoms with Gasteiger partial charge in [0, 0.05) is 5.38 Å². The Bertz CT molecular complexity index is 1550. The molecule has 0 saturated heterocycles. The van der Waals surface area contributed by atoms with Crippen LogP contribution in [0.4, 0.5) is 21.5 Å². The summed E-state index contributed by atoms with van der Waals surface area (Å²) in [6.45, 7) is 2.13. The van der Waals surface area contributed by atoms with Gasteiger partial charge in [0.1, 0.15) is 17.4 Å². The van der Waals surface area contributed by atoms with E-state index in [9.17, 15) is 4.79 Å². The number of rotatable bonds is 8. The molecule has 1 aromatic carbocycles.